The van der Waals surface area contributed by atoms with Crippen LogP contribution in [-0.2, 0) is 12.0 Å². The molecule has 2 aromatic heterocycles. The van der Waals surface area contributed by atoms with Crippen LogP contribution in [0.5, 0.6) is 0 Å². The Morgan fingerprint density at radius 3 is 2.48 bits per heavy atom. The van der Waals surface area contributed by atoms with Gasteiger partial charge in [0.2, 0.25) is 0 Å². The van der Waals surface area contributed by atoms with Gasteiger partial charge in [-0.15, -0.1) is 22.7 Å². The third-order valence-corrected chi connectivity index (χ3v) is 5.70. The Kier molecular flexibility index (Phi) is 4.24. The highest BCUT2D eigenvalue weighted by Gasteiger charge is 2.27. The van der Waals surface area contributed by atoms with Crippen molar-refractivity contribution in [3.63, 3.8) is 0 Å². The summed E-state index contributed by atoms with van der Waals surface area (Å²) in [5.74, 6) is 0. The van der Waals surface area contributed by atoms with Crippen molar-refractivity contribution >= 4 is 22.7 Å². The van der Waals surface area contributed by atoms with E-state index in [0.29, 0.717) is 0 Å². The summed E-state index contributed by atoms with van der Waals surface area (Å²) in [4.78, 5) is 2.43. The zero-order valence-electron chi connectivity index (χ0n) is 12.0. The number of thiophene rings is 2. The minimum atomic E-state index is -0.796. The first-order chi connectivity index (χ1) is 10.2. The van der Waals surface area contributed by atoms with Gasteiger partial charge >= 0.3 is 0 Å². The number of aliphatic hydroxyl groups is 1. The molecule has 21 heavy (non-hydrogen) atoms. The van der Waals surface area contributed by atoms with E-state index in [9.17, 15) is 5.11 Å². The average Bonchev–Trinajstić information content (AvgIpc) is 3.16. The molecule has 2 heterocycles. The fourth-order valence-corrected chi connectivity index (χ4v) is 4.40. The molecular weight excluding hydrogens is 296 g/mol. The van der Waals surface area contributed by atoms with Crippen LogP contribution in [0, 0.1) is 0 Å². The number of aryl methyl sites for hydroxylation is 1. The first-order valence-electron chi connectivity index (χ1n) is 7.05. The van der Waals surface area contributed by atoms with E-state index >= 15 is 0 Å². The van der Waals surface area contributed by atoms with Crippen LogP contribution in [0.25, 0.3) is 9.75 Å². The smallest absolute Gasteiger partial charge is 0.0886 e. The minimum absolute atomic E-state index is 0.728. The lowest BCUT2D eigenvalue weighted by atomic mass is 9.89. The van der Waals surface area contributed by atoms with E-state index < -0.39 is 5.60 Å². The van der Waals surface area contributed by atoms with Crippen LogP contribution in [0.2, 0.25) is 0 Å². The summed E-state index contributed by atoms with van der Waals surface area (Å²) < 4.78 is 0. The lowest BCUT2D eigenvalue weighted by molar-refractivity contribution is 0.0490. The number of hydrogen-bond donors (Lipinski definition) is 1. The third kappa shape index (κ3) is 3.26. The van der Waals surface area contributed by atoms with Crippen LogP contribution >= 0.6 is 22.7 Å². The molecule has 3 heteroatoms. The van der Waals surface area contributed by atoms with Crippen molar-refractivity contribution < 1.29 is 5.11 Å². The van der Waals surface area contributed by atoms with Crippen LogP contribution < -0.4 is 0 Å². The molecule has 0 amide bonds. The van der Waals surface area contributed by atoms with Gasteiger partial charge in [-0.25, -0.2) is 0 Å². The Hall–Kier alpha value is -1.42. The zero-order chi connectivity index (χ0) is 14.7. The van der Waals surface area contributed by atoms with Crippen LogP contribution in [-0.4, -0.2) is 5.11 Å². The molecule has 3 aromatic rings. The summed E-state index contributed by atoms with van der Waals surface area (Å²) >= 11 is 3.43. The van der Waals surface area contributed by atoms with Crippen molar-refractivity contribution in [3.8, 4) is 9.75 Å². The fourth-order valence-electron chi connectivity index (χ4n) is 2.50. The average molecular weight is 314 g/mol. The van der Waals surface area contributed by atoms with Gasteiger partial charge in [-0.1, -0.05) is 36.4 Å². The summed E-state index contributed by atoms with van der Waals surface area (Å²) in [6.07, 6.45) is 1.61. The Labute approximate surface area is 133 Å². The van der Waals surface area contributed by atoms with Gasteiger partial charge in [0.25, 0.3) is 0 Å². The SMILES string of the molecule is CC(O)(CCc1ccccc1)c1ccsc1-c1cccs1. The summed E-state index contributed by atoms with van der Waals surface area (Å²) in [6, 6.07) is 16.6. The highest BCUT2D eigenvalue weighted by Crippen LogP contribution is 2.40. The monoisotopic (exact) mass is 314 g/mol. The number of benzene rings is 1. The number of rotatable bonds is 5. The second kappa shape index (κ2) is 6.14. The molecule has 1 aromatic carbocycles. The molecule has 0 aliphatic heterocycles. The van der Waals surface area contributed by atoms with Gasteiger partial charge in [0, 0.05) is 10.4 Å². The predicted molar refractivity (Wildman–Crippen MR) is 92.0 cm³/mol. The second-order valence-corrected chi connectivity index (χ2v) is 7.26. The maximum Gasteiger partial charge on any atom is 0.0886 e. The van der Waals surface area contributed by atoms with E-state index in [2.05, 4.69) is 41.1 Å². The van der Waals surface area contributed by atoms with E-state index in [1.807, 2.05) is 25.1 Å². The Morgan fingerprint density at radius 2 is 1.76 bits per heavy atom. The van der Waals surface area contributed by atoms with Crippen molar-refractivity contribution in [2.75, 3.05) is 0 Å². The normalized spacial score (nSPS) is 14.0. The van der Waals surface area contributed by atoms with Crippen molar-refractivity contribution in [2.24, 2.45) is 0 Å². The summed E-state index contributed by atoms with van der Waals surface area (Å²) in [5.41, 5.74) is 1.52. The zero-order valence-corrected chi connectivity index (χ0v) is 13.6. The molecule has 1 N–H and O–H groups in total. The molecule has 0 bridgehead atoms. The van der Waals surface area contributed by atoms with E-state index in [1.54, 1.807) is 22.7 Å². The summed E-state index contributed by atoms with van der Waals surface area (Å²) in [7, 11) is 0. The molecule has 0 radical (unpaired) electrons. The maximum atomic E-state index is 10.9. The molecule has 0 spiro atoms. The first kappa shape index (κ1) is 14.5. The lowest BCUT2D eigenvalue weighted by Crippen LogP contribution is -2.22. The molecule has 0 fully saturated rings. The molecule has 3 rings (SSSR count). The quantitative estimate of drug-likeness (QED) is 0.676. The fraction of sp³-hybridized carbons (Fsp3) is 0.222. The lowest BCUT2D eigenvalue weighted by Gasteiger charge is -2.24. The van der Waals surface area contributed by atoms with Crippen molar-refractivity contribution in [3.05, 3.63) is 70.4 Å². The van der Waals surface area contributed by atoms with Gasteiger partial charge in [0.15, 0.2) is 0 Å². The van der Waals surface area contributed by atoms with Crippen LogP contribution in [0.3, 0.4) is 0 Å². The van der Waals surface area contributed by atoms with Crippen LogP contribution in [0.1, 0.15) is 24.5 Å². The molecule has 1 atom stereocenters. The van der Waals surface area contributed by atoms with Gasteiger partial charge in [0.1, 0.15) is 0 Å². The minimum Gasteiger partial charge on any atom is -0.385 e. The molecule has 0 aliphatic carbocycles. The molecule has 1 unspecified atom stereocenters. The highest BCUT2D eigenvalue weighted by molar-refractivity contribution is 7.20. The van der Waals surface area contributed by atoms with Gasteiger partial charge in [0.05, 0.1) is 10.5 Å². The molecule has 0 aliphatic rings. The molecule has 0 saturated carbocycles. The van der Waals surface area contributed by atoms with Crippen molar-refractivity contribution in [1.82, 2.24) is 0 Å². The summed E-state index contributed by atoms with van der Waals surface area (Å²) in [6.45, 7) is 1.93. The molecule has 108 valence electrons. The molecule has 0 saturated heterocycles. The molecular formula is C18H18OS2. The Bertz CT molecular complexity index is 681. The molecule has 1 nitrogen and oxygen atoms in total. The Morgan fingerprint density at radius 1 is 0.952 bits per heavy atom. The van der Waals surface area contributed by atoms with Crippen molar-refractivity contribution in [1.29, 1.82) is 0 Å². The van der Waals surface area contributed by atoms with Gasteiger partial charge in [-0.05, 0) is 48.2 Å². The summed E-state index contributed by atoms with van der Waals surface area (Å²) in [5, 5.41) is 15.1. The highest BCUT2D eigenvalue weighted by atomic mass is 32.1. The Balaban J connectivity index is 1.81. The number of hydrogen-bond acceptors (Lipinski definition) is 3. The standard InChI is InChI=1S/C18H18OS2/c1-18(19,11-9-14-6-3-2-4-7-14)15-10-13-21-17(15)16-8-5-12-20-16/h2-8,10,12-13,19H,9,11H2,1H3. The van der Waals surface area contributed by atoms with E-state index in [0.717, 1.165) is 18.4 Å². The van der Waals surface area contributed by atoms with E-state index in [4.69, 9.17) is 0 Å². The third-order valence-electron chi connectivity index (χ3n) is 3.73. The topological polar surface area (TPSA) is 20.2 Å². The first-order valence-corrected chi connectivity index (χ1v) is 8.81. The van der Waals surface area contributed by atoms with Gasteiger partial charge < -0.3 is 5.11 Å². The second-order valence-electron chi connectivity index (χ2n) is 5.40. The van der Waals surface area contributed by atoms with E-state index in [1.165, 1.54) is 15.3 Å². The van der Waals surface area contributed by atoms with Crippen LogP contribution in [0.15, 0.2) is 59.3 Å². The van der Waals surface area contributed by atoms with Gasteiger partial charge in [-0.3, -0.25) is 0 Å². The maximum absolute atomic E-state index is 10.9. The largest absolute Gasteiger partial charge is 0.385 e. The van der Waals surface area contributed by atoms with Gasteiger partial charge in [-0.2, -0.15) is 0 Å². The predicted octanol–water partition coefficient (Wildman–Crippen LogP) is 5.32. The van der Waals surface area contributed by atoms with E-state index in [-0.39, 0.29) is 0 Å². The van der Waals surface area contributed by atoms with Crippen molar-refractivity contribution in [2.45, 2.75) is 25.4 Å². The van der Waals surface area contributed by atoms with Crippen LogP contribution in [0.4, 0.5) is 0 Å².